The minimum absolute atomic E-state index is 0.154. The van der Waals surface area contributed by atoms with Crippen LogP contribution in [0, 0.1) is 0 Å². The minimum Gasteiger partial charge on any atom is -0.379 e. The molecule has 0 bridgehead atoms. The van der Waals surface area contributed by atoms with Crippen LogP contribution in [0.5, 0.6) is 0 Å². The lowest BCUT2D eigenvalue weighted by molar-refractivity contribution is 0.0185. The molecule has 2 saturated heterocycles. The highest BCUT2D eigenvalue weighted by Gasteiger charge is 2.31. The summed E-state index contributed by atoms with van der Waals surface area (Å²) in [6.45, 7) is 5.28. The van der Waals surface area contributed by atoms with Gasteiger partial charge in [0.25, 0.3) is 5.91 Å². The molecule has 1 aromatic heterocycles. The van der Waals surface area contributed by atoms with Crippen molar-refractivity contribution in [2.24, 2.45) is 0 Å². The number of H-pyrrole nitrogens is 1. The van der Waals surface area contributed by atoms with Gasteiger partial charge in [0.15, 0.2) is 0 Å². The van der Waals surface area contributed by atoms with Gasteiger partial charge in [-0.25, -0.2) is 0 Å². The molecule has 1 atom stereocenters. The molecule has 1 unspecified atom stereocenters. The van der Waals surface area contributed by atoms with E-state index in [0.29, 0.717) is 6.04 Å². The summed E-state index contributed by atoms with van der Waals surface area (Å²) in [6.07, 6.45) is 2.96. The fraction of sp³-hybridized carbons (Fsp3) is 0.471. The third kappa shape index (κ3) is 2.40. The average Bonchev–Trinajstić information content (AvgIpc) is 3.24. The molecule has 1 amide bonds. The zero-order valence-corrected chi connectivity index (χ0v) is 12.6. The van der Waals surface area contributed by atoms with Crippen molar-refractivity contribution in [3.05, 3.63) is 36.0 Å². The normalized spacial score (nSPS) is 23.3. The molecule has 1 aromatic carbocycles. The number of hydrogen-bond acceptors (Lipinski definition) is 3. The van der Waals surface area contributed by atoms with Gasteiger partial charge >= 0.3 is 0 Å². The van der Waals surface area contributed by atoms with Crippen molar-refractivity contribution in [3.63, 3.8) is 0 Å². The summed E-state index contributed by atoms with van der Waals surface area (Å²) in [7, 11) is 0. The minimum atomic E-state index is 0.154. The van der Waals surface area contributed by atoms with Gasteiger partial charge in [-0.05, 0) is 24.6 Å². The zero-order chi connectivity index (χ0) is 14.9. The maximum atomic E-state index is 12.9. The van der Waals surface area contributed by atoms with Gasteiger partial charge in [0.05, 0.1) is 13.2 Å². The maximum Gasteiger partial charge on any atom is 0.254 e. The number of morpholine rings is 1. The van der Waals surface area contributed by atoms with Gasteiger partial charge in [0, 0.05) is 54.9 Å². The maximum absolute atomic E-state index is 12.9. The van der Waals surface area contributed by atoms with Gasteiger partial charge in [0.1, 0.15) is 0 Å². The van der Waals surface area contributed by atoms with E-state index in [1.807, 2.05) is 35.4 Å². The number of aromatic amines is 1. The second kappa shape index (κ2) is 5.74. The summed E-state index contributed by atoms with van der Waals surface area (Å²) < 4.78 is 5.42. The van der Waals surface area contributed by atoms with Crippen molar-refractivity contribution in [1.82, 2.24) is 14.8 Å². The van der Waals surface area contributed by atoms with E-state index in [-0.39, 0.29) is 5.91 Å². The van der Waals surface area contributed by atoms with Crippen LogP contribution in [0.2, 0.25) is 0 Å². The number of nitrogens with one attached hydrogen (secondary N) is 1. The van der Waals surface area contributed by atoms with Crippen LogP contribution in [0.25, 0.3) is 10.9 Å². The Bertz CT molecular complexity index is 675. The molecular weight excluding hydrogens is 278 g/mol. The number of nitrogens with zero attached hydrogens (tertiary/aromatic N) is 2. The molecule has 4 rings (SSSR count). The molecule has 5 nitrogen and oxygen atoms in total. The van der Waals surface area contributed by atoms with E-state index in [0.717, 1.165) is 62.3 Å². The Morgan fingerprint density at radius 3 is 2.91 bits per heavy atom. The number of benzene rings is 1. The first-order valence-electron chi connectivity index (χ1n) is 8.00. The molecule has 0 radical (unpaired) electrons. The molecule has 0 aliphatic carbocycles. The van der Waals surface area contributed by atoms with Gasteiger partial charge in [0.2, 0.25) is 0 Å². The Hall–Kier alpha value is -1.85. The van der Waals surface area contributed by atoms with E-state index in [1.165, 1.54) is 0 Å². The molecule has 0 spiro atoms. The summed E-state index contributed by atoms with van der Waals surface area (Å²) >= 11 is 0. The van der Waals surface area contributed by atoms with Crippen molar-refractivity contribution in [3.8, 4) is 0 Å². The van der Waals surface area contributed by atoms with Crippen LogP contribution in [0.4, 0.5) is 0 Å². The summed E-state index contributed by atoms with van der Waals surface area (Å²) in [5.41, 5.74) is 1.83. The molecule has 116 valence electrons. The lowest BCUT2D eigenvalue weighted by Gasteiger charge is -2.32. The summed E-state index contributed by atoms with van der Waals surface area (Å²) in [4.78, 5) is 20.5. The van der Waals surface area contributed by atoms with E-state index in [1.54, 1.807) is 0 Å². The fourth-order valence-electron chi connectivity index (χ4n) is 3.61. The van der Waals surface area contributed by atoms with E-state index >= 15 is 0 Å². The quantitative estimate of drug-likeness (QED) is 0.918. The monoisotopic (exact) mass is 299 g/mol. The number of ether oxygens (including phenoxy) is 1. The molecule has 0 saturated carbocycles. The first-order chi connectivity index (χ1) is 10.8. The first-order valence-corrected chi connectivity index (χ1v) is 8.00. The molecule has 2 aliphatic rings. The molecule has 1 N–H and O–H groups in total. The predicted molar refractivity (Wildman–Crippen MR) is 85.0 cm³/mol. The smallest absolute Gasteiger partial charge is 0.254 e. The molecule has 2 fully saturated rings. The number of likely N-dealkylation sites (tertiary alicyclic amines) is 1. The van der Waals surface area contributed by atoms with E-state index in [2.05, 4.69) is 9.88 Å². The Balaban J connectivity index is 1.50. The van der Waals surface area contributed by atoms with Crippen LogP contribution in [0.1, 0.15) is 16.8 Å². The van der Waals surface area contributed by atoms with Gasteiger partial charge in [-0.15, -0.1) is 0 Å². The number of rotatable bonds is 2. The number of amides is 1. The van der Waals surface area contributed by atoms with Crippen LogP contribution in [-0.4, -0.2) is 66.1 Å². The predicted octanol–water partition coefficient (Wildman–Crippen LogP) is 1.71. The van der Waals surface area contributed by atoms with Gasteiger partial charge in [-0.1, -0.05) is 6.07 Å². The van der Waals surface area contributed by atoms with E-state index in [9.17, 15) is 4.79 Å². The SMILES string of the molecule is O=C(c1cccc2[nH]ccc12)N1CCC(N2CCOCC2)C1. The third-order valence-corrected chi connectivity index (χ3v) is 4.84. The standard InChI is InChI=1S/C17H21N3O2/c21-17(15-2-1-3-16-14(15)4-6-18-16)20-7-5-13(12-20)19-8-10-22-11-9-19/h1-4,6,13,18H,5,7-12H2. The molecular formula is C17H21N3O2. The van der Waals surface area contributed by atoms with Gasteiger partial charge in [-0.2, -0.15) is 0 Å². The third-order valence-electron chi connectivity index (χ3n) is 4.84. The van der Waals surface area contributed by atoms with Gasteiger partial charge in [-0.3, -0.25) is 9.69 Å². The van der Waals surface area contributed by atoms with Crippen molar-refractivity contribution in [2.75, 3.05) is 39.4 Å². The molecule has 3 heterocycles. The van der Waals surface area contributed by atoms with Crippen molar-refractivity contribution < 1.29 is 9.53 Å². The van der Waals surface area contributed by atoms with Gasteiger partial charge < -0.3 is 14.6 Å². The van der Waals surface area contributed by atoms with Crippen molar-refractivity contribution in [2.45, 2.75) is 12.5 Å². The van der Waals surface area contributed by atoms with Crippen molar-refractivity contribution >= 4 is 16.8 Å². The molecule has 22 heavy (non-hydrogen) atoms. The molecule has 5 heteroatoms. The first kappa shape index (κ1) is 13.8. The lowest BCUT2D eigenvalue weighted by atomic mass is 10.1. The van der Waals surface area contributed by atoms with Crippen LogP contribution in [0.15, 0.2) is 30.5 Å². The Morgan fingerprint density at radius 2 is 2.05 bits per heavy atom. The van der Waals surface area contributed by atoms with Crippen LogP contribution in [-0.2, 0) is 4.74 Å². The molecule has 2 aromatic rings. The second-order valence-electron chi connectivity index (χ2n) is 6.09. The Kier molecular flexibility index (Phi) is 3.60. The summed E-state index contributed by atoms with van der Waals surface area (Å²) in [5.74, 6) is 0.154. The van der Waals surface area contributed by atoms with Crippen molar-refractivity contribution in [1.29, 1.82) is 0 Å². The Labute approximate surface area is 129 Å². The van der Waals surface area contributed by atoms with E-state index in [4.69, 9.17) is 4.74 Å². The van der Waals surface area contributed by atoms with Crippen LogP contribution >= 0.6 is 0 Å². The zero-order valence-electron chi connectivity index (χ0n) is 12.6. The lowest BCUT2D eigenvalue weighted by Crippen LogP contribution is -2.45. The highest BCUT2D eigenvalue weighted by molar-refractivity contribution is 6.06. The van der Waals surface area contributed by atoms with Crippen LogP contribution < -0.4 is 0 Å². The average molecular weight is 299 g/mol. The fourth-order valence-corrected chi connectivity index (χ4v) is 3.61. The molecule has 2 aliphatic heterocycles. The second-order valence-corrected chi connectivity index (χ2v) is 6.09. The Morgan fingerprint density at radius 1 is 1.18 bits per heavy atom. The summed E-state index contributed by atoms with van der Waals surface area (Å²) in [5, 5.41) is 1.02. The topological polar surface area (TPSA) is 48.6 Å². The number of fused-ring (bicyclic) bond motifs is 1. The van der Waals surface area contributed by atoms with Crippen LogP contribution in [0.3, 0.4) is 0 Å². The highest BCUT2D eigenvalue weighted by atomic mass is 16.5. The number of carbonyl (C=O) groups excluding carboxylic acids is 1. The summed E-state index contributed by atoms with van der Waals surface area (Å²) in [6, 6.07) is 8.35. The van der Waals surface area contributed by atoms with E-state index < -0.39 is 0 Å². The highest BCUT2D eigenvalue weighted by Crippen LogP contribution is 2.23. The number of carbonyl (C=O) groups is 1. The number of hydrogen-bond donors (Lipinski definition) is 1. The largest absolute Gasteiger partial charge is 0.379 e. The number of aromatic nitrogens is 1.